The standard InChI is InChI=1S/C11H18N4O2/c1-3-11(17)5-4-6-15(7-11)10(16)9-8(2)12-14-13-9/h17H,3-7H2,1-2H3,(H,12,13,14)/t11-/m0/s1. The average Bonchev–Trinajstić information content (AvgIpc) is 2.75. The molecule has 0 saturated carbocycles. The Morgan fingerprint density at radius 3 is 2.94 bits per heavy atom. The van der Waals surface area contributed by atoms with Crippen LogP contribution in [0.1, 0.15) is 42.4 Å². The van der Waals surface area contributed by atoms with Gasteiger partial charge in [-0.05, 0) is 26.2 Å². The van der Waals surface area contributed by atoms with Crippen molar-refractivity contribution in [2.75, 3.05) is 13.1 Å². The molecular weight excluding hydrogens is 220 g/mol. The predicted molar refractivity (Wildman–Crippen MR) is 61.5 cm³/mol. The van der Waals surface area contributed by atoms with E-state index in [1.807, 2.05) is 6.92 Å². The summed E-state index contributed by atoms with van der Waals surface area (Å²) in [6.07, 6.45) is 2.24. The minimum Gasteiger partial charge on any atom is -0.388 e. The van der Waals surface area contributed by atoms with Gasteiger partial charge in [0, 0.05) is 13.1 Å². The van der Waals surface area contributed by atoms with E-state index < -0.39 is 5.60 Å². The number of nitrogens with one attached hydrogen (secondary N) is 1. The number of aryl methyl sites for hydroxylation is 1. The van der Waals surface area contributed by atoms with Crippen LogP contribution in [0.25, 0.3) is 0 Å². The third-order valence-corrected chi connectivity index (χ3v) is 3.43. The first kappa shape index (κ1) is 12.0. The third-order valence-electron chi connectivity index (χ3n) is 3.43. The largest absolute Gasteiger partial charge is 0.388 e. The van der Waals surface area contributed by atoms with E-state index in [1.54, 1.807) is 11.8 Å². The van der Waals surface area contributed by atoms with E-state index in [-0.39, 0.29) is 5.91 Å². The predicted octanol–water partition coefficient (Wildman–Crippen LogP) is 0.490. The fourth-order valence-corrected chi connectivity index (χ4v) is 2.21. The highest BCUT2D eigenvalue weighted by Crippen LogP contribution is 2.25. The number of hydrogen-bond donors (Lipinski definition) is 2. The SMILES string of the molecule is CC[C@]1(O)CCCN(C(=O)c2n[nH]nc2C)C1. The molecule has 1 aromatic heterocycles. The van der Waals surface area contributed by atoms with Crippen LogP contribution in [0.3, 0.4) is 0 Å². The Kier molecular flexibility index (Phi) is 3.15. The minimum atomic E-state index is -0.744. The number of aromatic amines is 1. The van der Waals surface area contributed by atoms with Gasteiger partial charge in [0.05, 0.1) is 11.3 Å². The van der Waals surface area contributed by atoms with E-state index in [0.29, 0.717) is 30.9 Å². The van der Waals surface area contributed by atoms with Crippen molar-refractivity contribution in [1.82, 2.24) is 20.3 Å². The summed E-state index contributed by atoms with van der Waals surface area (Å²) in [4.78, 5) is 13.8. The molecule has 1 aliphatic rings. The Hall–Kier alpha value is -1.43. The van der Waals surface area contributed by atoms with Gasteiger partial charge in [-0.25, -0.2) is 0 Å². The number of hydrogen-bond acceptors (Lipinski definition) is 4. The van der Waals surface area contributed by atoms with E-state index in [0.717, 1.165) is 12.8 Å². The molecule has 0 spiro atoms. The molecule has 1 aliphatic heterocycles. The number of amides is 1. The lowest BCUT2D eigenvalue weighted by Gasteiger charge is -2.38. The molecule has 0 aliphatic carbocycles. The van der Waals surface area contributed by atoms with Gasteiger partial charge in [-0.2, -0.15) is 15.4 Å². The van der Waals surface area contributed by atoms with Gasteiger partial charge >= 0.3 is 0 Å². The van der Waals surface area contributed by atoms with Gasteiger partial charge in [0.1, 0.15) is 0 Å². The van der Waals surface area contributed by atoms with Crippen molar-refractivity contribution in [3.63, 3.8) is 0 Å². The molecule has 2 rings (SSSR count). The first-order valence-corrected chi connectivity index (χ1v) is 5.95. The van der Waals surface area contributed by atoms with Crippen LogP contribution in [0.15, 0.2) is 0 Å². The van der Waals surface area contributed by atoms with Crippen molar-refractivity contribution in [1.29, 1.82) is 0 Å². The Morgan fingerprint density at radius 1 is 1.59 bits per heavy atom. The normalized spacial score (nSPS) is 25.0. The lowest BCUT2D eigenvalue weighted by atomic mass is 9.90. The second-order valence-corrected chi connectivity index (χ2v) is 4.67. The van der Waals surface area contributed by atoms with Crippen LogP contribution in [-0.4, -0.2) is 50.0 Å². The van der Waals surface area contributed by atoms with Gasteiger partial charge in [0.15, 0.2) is 5.69 Å². The van der Waals surface area contributed by atoms with E-state index >= 15 is 0 Å². The quantitative estimate of drug-likeness (QED) is 0.785. The fourth-order valence-electron chi connectivity index (χ4n) is 2.21. The molecule has 2 heterocycles. The number of H-pyrrole nitrogens is 1. The van der Waals surface area contributed by atoms with Crippen LogP contribution in [0.5, 0.6) is 0 Å². The number of nitrogens with zero attached hydrogens (tertiary/aromatic N) is 3. The van der Waals surface area contributed by atoms with Crippen molar-refractivity contribution < 1.29 is 9.90 Å². The fraction of sp³-hybridized carbons (Fsp3) is 0.727. The molecule has 17 heavy (non-hydrogen) atoms. The highest BCUT2D eigenvalue weighted by atomic mass is 16.3. The first-order chi connectivity index (χ1) is 8.06. The summed E-state index contributed by atoms with van der Waals surface area (Å²) in [7, 11) is 0. The molecule has 1 fully saturated rings. The van der Waals surface area contributed by atoms with Crippen molar-refractivity contribution in [2.24, 2.45) is 0 Å². The maximum atomic E-state index is 12.2. The summed E-state index contributed by atoms with van der Waals surface area (Å²) < 4.78 is 0. The molecular formula is C11H18N4O2. The van der Waals surface area contributed by atoms with Crippen LogP contribution in [0.2, 0.25) is 0 Å². The van der Waals surface area contributed by atoms with Crippen molar-refractivity contribution >= 4 is 5.91 Å². The van der Waals surface area contributed by atoms with Gasteiger partial charge in [0.2, 0.25) is 0 Å². The molecule has 1 saturated heterocycles. The highest BCUT2D eigenvalue weighted by Gasteiger charge is 2.34. The van der Waals surface area contributed by atoms with Gasteiger partial charge in [-0.3, -0.25) is 4.79 Å². The molecule has 1 amide bonds. The topological polar surface area (TPSA) is 82.1 Å². The molecule has 1 aromatic rings. The van der Waals surface area contributed by atoms with Crippen LogP contribution in [0, 0.1) is 6.92 Å². The number of aromatic nitrogens is 3. The summed E-state index contributed by atoms with van der Waals surface area (Å²) >= 11 is 0. The summed E-state index contributed by atoms with van der Waals surface area (Å²) in [5.41, 5.74) is 0.205. The van der Waals surface area contributed by atoms with Gasteiger partial charge in [-0.15, -0.1) is 0 Å². The second-order valence-electron chi connectivity index (χ2n) is 4.67. The second kappa shape index (κ2) is 4.44. The third kappa shape index (κ3) is 2.31. The Balaban J connectivity index is 2.13. The number of rotatable bonds is 2. The van der Waals surface area contributed by atoms with E-state index in [4.69, 9.17) is 0 Å². The molecule has 2 N–H and O–H groups in total. The van der Waals surface area contributed by atoms with Crippen molar-refractivity contribution in [3.05, 3.63) is 11.4 Å². The number of aliphatic hydroxyl groups is 1. The van der Waals surface area contributed by atoms with Gasteiger partial charge in [0.25, 0.3) is 5.91 Å². The average molecular weight is 238 g/mol. The van der Waals surface area contributed by atoms with Crippen molar-refractivity contribution in [2.45, 2.75) is 38.7 Å². The zero-order valence-electron chi connectivity index (χ0n) is 10.2. The zero-order chi connectivity index (χ0) is 12.5. The summed E-state index contributed by atoms with van der Waals surface area (Å²) in [5, 5.41) is 20.4. The molecule has 0 bridgehead atoms. The molecule has 6 heteroatoms. The van der Waals surface area contributed by atoms with Gasteiger partial charge < -0.3 is 10.0 Å². The Bertz CT molecular complexity index is 417. The van der Waals surface area contributed by atoms with Crippen LogP contribution in [0.4, 0.5) is 0 Å². The highest BCUT2D eigenvalue weighted by molar-refractivity contribution is 5.93. The molecule has 94 valence electrons. The molecule has 6 nitrogen and oxygen atoms in total. The maximum Gasteiger partial charge on any atom is 0.276 e. The number of β-amino-alcohol motifs (C(OH)–C–C–N with tert-alkyl or cyclic N) is 1. The zero-order valence-corrected chi connectivity index (χ0v) is 10.2. The van der Waals surface area contributed by atoms with Crippen LogP contribution in [-0.2, 0) is 0 Å². The first-order valence-electron chi connectivity index (χ1n) is 5.95. The number of piperidine rings is 1. The summed E-state index contributed by atoms with van der Waals surface area (Å²) in [6, 6.07) is 0. The van der Waals surface area contributed by atoms with E-state index in [9.17, 15) is 9.90 Å². The Morgan fingerprint density at radius 2 is 2.35 bits per heavy atom. The van der Waals surface area contributed by atoms with Crippen LogP contribution < -0.4 is 0 Å². The summed E-state index contributed by atoms with van der Waals surface area (Å²) in [6.45, 7) is 4.74. The smallest absolute Gasteiger partial charge is 0.276 e. The van der Waals surface area contributed by atoms with Gasteiger partial charge in [-0.1, -0.05) is 6.92 Å². The monoisotopic (exact) mass is 238 g/mol. The summed E-state index contributed by atoms with van der Waals surface area (Å²) in [5.74, 6) is -0.150. The lowest BCUT2D eigenvalue weighted by Crippen LogP contribution is -2.50. The number of likely N-dealkylation sites (tertiary alicyclic amines) is 1. The minimum absolute atomic E-state index is 0.150. The molecule has 0 aromatic carbocycles. The van der Waals surface area contributed by atoms with Crippen LogP contribution >= 0.6 is 0 Å². The molecule has 1 atom stereocenters. The maximum absolute atomic E-state index is 12.2. The Labute approximate surface area is 100 Å². The van der Waals surface area contributed by atoms with E-state index in [1.165, 1.54) is 0 Å². The molecule has 0 unspecified atom stereocenters. The molecule has 0 radical (unpaired) electrons. The number of carbonyl (C=O) groups excluding carboxylic acids is 1. The van der Waals surface area contributed by atoms with Crippen molar-refractivity contribution in [3.8, 4) is 0 Å². The number of carbonyl (C=O) groups is 1. The van der Waals surface area contributed by atoms with E-state index in [2.05, 4.69) is 15.4 Å². The lowest BCUT2D eigenvalue weighted by molar-refractivity contribution is -0.0271.